The highest BCUT2D eigenvalue weighted by Gasteiger charge is 2.11. The molecular weight excluding hydrogens is 329 g/mol. The minimum absolute atomic E-state index is 0.144. The van der Waals surface area contributed by atoms with Gasteiger partial charge in [0.05, 0.1) is 12.8 Å². The summed E-state index contributed by atoms with van der Waals surface area (Å²) in [6.07, 6.45) is 0. The van der Waals surface area contributed by atoms with E-state index in [1.807, 2.05) is 6.92 Å². The van der Waals surface area contributed by atoms with Gasteiger partial charge < -0.3 is 15.4 Å². The van der Waals surface area contributed by atoms with Crippen LogP contribution in [0, 0.1) is 5.82 Å². The normalized spacial score (nSPS) is 10.2. The first kappa shape index (κ1) is 14.4. The summed E-state index contributed by atoms with van der Waals surface area (Å²) in [5.74, 6) is 0.136. The van der Waals surface area contributed by atoms with Crippen LogP contribution < -0.4 is 15.4 Å². The number of hydrogen-bond acceptors (Lipinski definition) is 6. The number of rotatable bonds is 5. The number of ether oxygens (including phenoxy) is 1. The first-order valence-corrected chi connectivity index (χ1v) is 6.68. The fourth-order valence-electron chi connectivity index (χ4n) is 1.47. The molecule has 20 heavy (non-hydrogen) atoms. The minimum Gasteiger partial charge on any atom is -0.467 e. The van der Waals surface area contributed by atoms with Gasteiger partial charge in [-0.25, -0.2) is 4.39 Å². The van der Waals surface area contributed by atoms with Crippen molar-refractivity contribution in [1.82, 2.24) is 15.0 Å². The van der Waals surface area contributed by atoms with Gasteiger partial charge in [0.1, 0.15) is 5.82 Å². The minimum atomic E-state index is -0.413. The number of aromatic nitrogens is 3. The highest BCUT2D eigenvalue weighted by molar-refractivity contribution is 9.10. The zero-order valence-corrected chi connectivity index (χ0v) is 12.5. The molecule has 1 heterocycles. The Labute approximate surface area is 123 Å². The van der Waals surface area contributed by atoms with Gasteiger partial charge >= 0.3 is 6.01 Å². The van der Waals surface area contributed by atoms with Crippen LogP contribution in [0.15, 0.2) is 22.7 Å². The smallest absolute Gasteiger partial charge is 0.322 e. The fraction of sp³-hybridized carbons (Fsp3) is 0.250. The molecule has 0 radical (unpaired) electrons. The average molecular weight is 342 g/mol. The van der Waals surface area contributed by atoms with Crippen molar-refractivity contribution in [3.63, 3.8) is 0 Å². The molecular formula is C12H13BrFN5O. The van der Waals surface area contributed by atoms with Crippen molar-refractivity contribution in [3.05, 3.63) is 28.5 Å². The Kier molecular flexibility index (Phi) is 4.67. The molecule has 0 aliphatic carbocycles. The first-order valence-electron chi connectivity index (χ1n) is 5.89. The molecule has 0 saturated carbocycles. The molecule has 6 nitrogen and oxygen atoms in total. The second-order valence-corrected chi connectivity index (χ2v) is 4.58. The average Bonchev–Trinajstić information content (AvgIpc) is 2.43. The van der Waals surface area contributed by atoms with E-state index in [4.69, 9.17) is 4.74 Å². The van der Waals surface area contributed by atoms with Crippen molar-refractivity contribution in [2.45, 2.75) is 6.92 Å². The van der Waals surface area contributed by atoms with Gasteiger partial charge in [-0.2, -0.15) is 15.0 Å². The van der Waals surface area contributed by atoms with Crippen molar-refractivity contribution in [2.75, 3.05) is 24.3 Å². The molecule has 0 saturated heterocycles. The van der Waals surface area contributed by atoms with Gasteiger partial charge in [0.15, 0.2) is 0 Å². The predicted molar refractivity (Wildman–Crippen MR) is 77.9 cm³/mol. The van der Waals surface area contributed by atoms with E-state index >= 15 is 0 Å². The summed E-state index contributed by atoms with van der Waals surface area (Å²) in [7, 11) is 1.45. The highest BCUT2D eigenvalue weighted by Crippen LogP contribution is 2.27. The molecule has 0 atom stereocenters. The molecule has 2 rings (SSSR count). The first-order chi connectivity index (χ1) is 9.63. The Hall–Kier alpha value is -1.96. The number of methoxy groups -OCH3 is 1. The lowest BCUT2D eigenvalue weighted by molar-refractivity contribution is 0.379. The molecule has 106 valence electrons. The predicted octanol–water partition coefficient (Wildman–Crippen LogP) is 2.96. The van der Waals surface area contributed by atoms with E-state index in [1.54, 1.807) is 12.1 Å². The number of hydrogen-bond donors (Lipinski definition) is 2. The summed E-state index contributed by atoms with van der Waals surface area (Å²) in [4.78, 5) is 12.2. The Morgan fingerprint density at radius 2 is 2.00 bits per heavy atom. The van der Waals surface area contributed by atoms with E-state index < -0.39 is 5.82 Å². The van der Waals surface area contributed by atoms with E-state index in [-0.39, 0.29) is 17.6 Å². The Balaban J connectivity index is 2.35. The van der Waals surface area contributed by atoms with Crippen molar-refractivity contribution in [1.29, 1.82) is 0 Å². The number of benzene rings is 1. The van der Waals surface area contributed by atoms with Crippen LogP contribution in [0.1, 0.15) is 6.92 Å². The number of nitrogens with one attached hydrogen (secondary N) is 2. The molecule has 0 aliphatic heterocycles. The molecule has 0 unspecified atom stereocenters. The molecule has 0 amide bonds. The van der Waals surface area contributed by atoms with Gasteiger partial charge in [-0.15, -0.1) is 0 Å². The number of para-hydroxylation sites is 1. The van der Waals surface area contributed by atoms with Crippen LogP contribution in [0.25, 0.3) is 0 Å². The van der Waals surface area contributed by atoms with Crippen LogP contribution in [-0.2, 0) is 0 Å². The molecule has 0 aliphatic rings. The maximum Gasteiger partial charge on any atom is 0.322 e. The zero-order valence-electron chi connectivity index (χ0n) is 10.9. The van der Waals surface area contributed by atoms with E-state index in [9.17, 15) is 4.39 Å². The van der Waals surface area contributed by atoms with Crippen LogP contribution in [0.5, 0.6) is 6.01 Å². The molecule has 2 N–H and O–H groups in total. The Morgan fingerprint density at radius 3 is 2.65 bits per heavy atom. The fourth-order valence-corrected chi connectivity index (χ4v) is 1.91. The topological polar surface area (TPSA) is 72.0 Å². The van der Waals surface area contributed by atoms with E-state index in [0.717, 1.165) is 0 Å². The van der Waals surface area contributed by atoms with Crippen molar-refractivity contribution < 1.29 is 9.13 Å². The Bertz CT molecular complexity index is 590. The lowest BCUT2D eigenvalue weighted by Gasteiger charge is -2.10. The molecule has 0 bridgehead atoms. The van der Waals surface area contributed by atoms with Gasteiger partial charge in [-0.3, -0.25) is 0 Å². The third-order valence-electron chi connectivity index (χ3n) is 2.33. The van der Waals surface area contributed by atoms with Crippen LogP contribution in [-0.4, -0.2) is 28.6 Å². The van der Waals surface area contributed by atoms with Gasteiger partial charge in [0, 0.05) is 11.0 Å². The van der Waals surface area contributed by atoms with E-state index in [2.05, 4.69) is 41.5 Å². The van der Waals surface area contributed by atoms with Gasteiger partial charge in [-0.05, 0) is 35.0 Å². The standard InChI is InChI=1S/C12H13BrFN5O/c1-3-15-10-17-11(19-12(18-10)20-2)16-9-7(13)5-4-6-8(9)14/h4-6H,3H2,1-2H3,(H2,15,16,17,18,19). The number of halogens is 2. The SMILES string of the molecule is CCNc1nc(Nc2c(F)cccc2Br)nc(OC)n1. The number of anilines is 3. The maximum atomic E-state index is 13.8. The van der Waals surface area contributed by atoms with E-state index in [1.165, 1.54) is 13.2 Å². The molecule has 8 heteroatoms. The Morgan fingerprint density at radius 1 is 1.25 bits per heavy atom. The summed E-state index contributed by atoms with van der Waals surface area (Å²) >= 11 is 3.27. The second kappa shape index (κ2) is 6.47. The van der Waals surface area contributed by atoms with Gasteiger partial charge in [-0.1, -0.05) is 6.07 Å². The third-order valence-corrected chi connectivity index (χ3v) is 2.99. The molecule has 0 fully saturated rings. The lowest BCUT2D eigenvalue weighted by Crippen LogP contribution is -2.08. The van der Waals surface area contributed by atoms with Gasteiger partial charge in [0.2, 0.25) is 11.9 Å². The summed E-state index contributed by atoms with van der Waals surface area (Å²) in [5.41, 5.74) is 0.253. The van der Waals surface area contributed by atoms with Crippen molar-refractivity contribution in [3.8, 4) is 6.01 Å². The molecule has 1 aromatic heterocycles. The van der Waals surface area contributed by atoms with E-state index in [0.29, 0.717) is 17.0 Å². The van der Waals surface area contributed by atoms with Crippen LogP contribution in [0.3, 0.4) is 0 Å². The lowest BCUT2D eigenvalue weighted by atomic mass is 10.3. The zero-order chi connectivity index (χ0) is 14.5. The monoisotopic (exact) mass is 341 g/mol. The molecule has 2 aromatic rings. The number of nitrogens with zero attached hydrogens (tertiary/aromatic N) is 3. The van der Waals surface area contributed by atoms with Crippen LogP contribution in [0.4, 0.5) is 22.0 Å². The van der Waals surface area contributed by atoms with Crippen LogP contribution in [0.2, 0.25) is 0 Å². The largest absolute Gasteiger partial charge is 0.467 e. The van der Waals surface area contributed by atoms with Crippen LogP contribution >= 0.6 is 15.9 Å². The van der Waals surface area contributed by atoms with Gasteiger partial charge in [0.25, 0.3) is 0 Å². The molecule has 0 spiro atoms. The maximum absolute atomic E-state index is 13.8. The summed E-state index contributed by atoms with van der Waals surface area (Å²) in [6.45, 7) is 2.56. The summed E-state index contributed by atoms with van der Waals surface area (Å²) in [5, 5.41) is 5.76. The second-order valence-electron chi connectivity index (χ2n) is 3.72. The highest BCUT2D eigenvalue weighted by atomic mass is 79.9. The third kappa shape index (κ3) is 3.32. The molecule has 1 aromatic carbocycles. The van der Waals surface area contributed by atoms with Crippen molar-refractivity contribution >= 4 is 33.5 Å². The van der Waals surface area contributed by atoms with Crippen molar-refractivity contribution in [2.24, 2.45) is 0 Å². The summed E-state index contributed by atoms with van der Waals surface area (Å²) < 4.78 is 19.3. The quantitative estimate of drug-likeness (QED) is 0.871. The summed E-state index contributed by atoms with van der Waals surface area (Å²) in [6, 6.07) is 4.81.